The molecule has 4 nitrogen and oxygen atoms in total. The highest BCUT2D eigenvalue weighted by Gasteiger charge is 2.10. The van der Waals surface area contributed by atoms with Crippen LogP contribution >= 0.6 is 23.8 Å². The maximum absolute atomic E-state index is 6.01. The highest BCUT2D eigenvalue weighted by molar-refractivity contribution is 7.71. The van der Waals surface area contributed by atoms with Crippen LogP contribution in [0.15, 0.2) is 36.4 Å². The number of fused-ring (bicyclic) bond motifs is 1. The van der Waals surface area contributed by atoms with Gasteiger partial charge in [0, 0.05) is 11.1 Å². The van der Waals surface area contributed by atoms with E-state index >= 15 is 0 Å². The predicted molar refractivity (Wildman–Crippen MR) is 86.6 cm³/mol. The van der Waals surface area contributed by atoms with E-state index in [9.17, 15) is 0 Å². The molecule has 0 spiro atoms. The molecule has 6 heteroatoms. The summed E-state index contributed by atoms with van der Waals surface area (Å²) in [5.74, 6) is 1.33. The number of halogens is 1. The Hall–Kier alpha value is -1.98. The van der Waals surface area contributed by atoms with Crippen LogP contribution in [0.3, 0.4) is 0 Å². The summed E-state index contributed by atoms with van der Waals surface area (Å²) in [6.45, 7) is 0. The third-order valence-corrected chi connectivity index (χ3v) is 3.79. The second-order valence-corrected chi connectivity index (χ2v) is 5.29. The molecular weight excluding hydrogens is 308 g/mol. The van der Waals surface area contributed by atoms with Crippen LogP contribution in [0.4, 0.5) is 0 Å². The minimum absolute atomic E-state index is 0.597. The van der Waals surface area contributed by atoms with Gasteiger partial charge in [0.2, 0.25) is 0 Å². The van der Waals surface area contributed by atoms with Crippen molar-refractivity contribution in [1.82, 2.24) is 9.55 Å². The fourth-order valence-corrected chi connectivity index (χ4v) is 2.79. The maximum Gasteiger partial charge on any atom is 0.182 e. The van der Waals surface area contributed by atoms with Crippen molar-refractivity contribution in [3.63, 3.8) is 0 Å². The van der Waals surface area contributed by atoms with Gasteiger partial charge in [0.05, 0.1) is 30.9 Å². The molecule has 21 heavy (non-hydrogen) atoms. The van der Waals surface area contributed by atoms with E-state index in [-0.39, 0.29) is 0 Å². The van der Waals surface area contributed by atoms with Crippen LogP contribution in [0.25, 0.3) is 16.7 Å². The third kappa shape index (κ3) is 2.39. The van der Waals surface area contributed by atoms with Crippen molar-refractivity contribution >= 4 is 34.9 Å². The van der Waals surface area contributed by atoms with Crippen LogP contribution in [-0.2, 0) is 0 Å². The number of nitrogens with zero attached hydrogens (tertiary/aromatic N) is 1. The molecule has 0 aliphatic rings. The molecule has 0 fully saturated rings. The molecule has 0 aliphatic carbocycles. The summed E-state index contributed by atoms with van der Waals surface area (Å²) >= 11 is 11.4. The predicted octanol–water partition coefficient (Wildman–Crippen LogP) is 4.36. The Balaban J connectivity index is 2.25. The molecule has 0 saturated carbocycles. The van der Waals surface area contributed by atoms with Gasteiger partial charge < -0.3 is 14.5 Å². The SMILES string of the molecule is COc1ccc(-n2c(=S)[nH]c3cc(Cl)ccc32)cc1OC. The second-order valence-electron chi connectivity index (χ2n) is 4.47. The summed E-state index contributed by atoms with van der Waals surface area (Å²) < 4.78 is 13.1. The number of ether oxygens (including phenoxy) is 2. The normalized spacial score (nSPS) is 10.8. The van der Waals surface area contributed by atoms with Crippen molar-refractivity contribution in [2.24, 2.45) is 0 Å². The Morgan fingerprint density at radius 1 is 1.05 bits per heavy atom. The van der Waals surface area contributed by atoms with Crippen molar-refractivity contribution in [3.05, 3.63) is 46.2 Å². The maximum atomic E-state index is 6.01. The molecule has 108 valence electrons. The first-order valence-corrected chi connectivity index (χ1v) is 7.05. The van der Waals surface area contributed by atoms with E-state index in [2.05, 4.69) is 4.98 Å². The first-order chi connectivity index (χ1) is 10.1. The quantitative estimate of drug-likeness (QED) is 0.729. The molecule has 1 heterocycles. The highest BCUT2D eigenvalue weighted by Crippen LogP contribution is 2.31. The van der Waals surface area contributed by atoms with Gasteiger partial charge in [0.1, 0.15) is 0 Å². The molecule has 3 rings (SSSR count). The standard InChI is InChI=1S/C15H13ClN2O2S/c1-19-13-6-4-10(8-14(13)20-2)18-12-5-3-9(16)7-11(12)17-15(18)21/h3-8H,1-2H3,(H,17,21). The molecule has 3 aromatic rings. The largest absolute Gasteiger partial charge is 0.493 e. The number of hydrogen-bond donors (Lipinski definition) is 1. The lowest BCUT2D eigenvalue weighted by molar-refractivity contribution is 0.355. The van der Waals surface area contributed by atoms with Gasteiger partial charge in [-0.25, -0.2) is 0 Å². The van der Waals surface area contributed by atoms with Gasteiger partial charge in [-0.2, -0.15) is 0 Å². The lowest BCUT2D eigenvalue weighted by atomic mass is 10.2. The molecule has 0 bridgehead atoms. The minimum Gasteiger partial charge on any atom is -0.493 e. The summed E-state index contributed by atoms with van der Waals surface area (Å²) in [6.07, 6.45) is 0. The zero-order valence-electron chi connectivity index (χ0n) is 11.5. The van der Waals surface area contributed by atoms with Crippen molar-refractivity contribution in [1.29, 1.82) is 0 Å². The van der Waals surface area contributed by atoms with Gasteiger partial charge in [0.25, 0.3) is 0 Å². The van der Waals surface area contributed by atoms with E-state index in [1.54, 1.807) is 14.2 Å². The number of H-pyrrole nitrogens is 1. The molecule has 0 saturated heterocycles. The van der Waals surface area contributed by atoms with Gasteiger partial charge in [-0.15, -0.1) is 0 Å². The van der Waals surface area contributed by atoms with E-state index in [0.29, 0.717) is 21.3 Å². The first kappa shape index (κ1) is 14.0. The Kier molecular flexibility index (Phi) is 3.61. The first-order valence-electron chi connectivity index (χ1n) is 6.26. The average Bonchev–Trinajstić information content (AvgIpc) is 2.81. The number of hydrogen-bond acceptors (Lipinski definition) is 3. The number of aromatic nitrogens is 2. The van der Waals surface area contributed by atoms with Crippen molar-refractivity contribution < 1.29 is 9.47 Å². The molecule has 2 aromatic carbocycles. The lowest BCUT2D eigenvalue weighted by Crippen LogP contribution is -1.97. The van der Waals surface area contributed by atoms with Crippen LogP contribution in [-0.4, -0.2) is 23.8 Å². The number of rotatable bonds is 3. The second kappa shape index (κ2) is 5.42. The van der Waals surface area contributed by atoms with Gasteiger partial charge in [0.15, 0.2) is 16.3 Å². The third-order valence-electron chi connectivity index (χ3n) is 3.27. The van der Waals surface area contributed by atoms with Crippen LogP contribution in [0.1, 0.15) is 0 Å². The summed E-state index contributed by atoms with van der Waals surface area (Å²) in [5, 5.41) is 0.665. The summed E-state index contributed by atoms with van der Waals surface area (Å²) in [7, 11) is 3.22. The van der Waals surface area contributed by atoms with Gasteiger partial charge in [-0.3, -0.25) is 4.57 Å². The van der Waals surface area contributed by atoms with Gasteiger partial charge >= 0.3 is 0 Å². The molecule has 0 amide bonds. The van der Waals surface area contributed by atoms with E-state index in [0.717, 1.165) is 16.7 Å². The molecular formula is C15H13ClN2O2S. The van der Waals surface area contributed by atoms with Crippen LogP contribution in [0, 0.1) is 4.77 Å². The van der Waals surface area contributed by atoms with E-state index < -0.39 is 0 Å². The fraction of sp³-hybridized carbons (Fsp3) is 0.133. The molecule has 0 unspecified atom stereocenters. The number of imidazole rings is 1. The molecule has 0 aliphatic heterocycles. The van der Waals surface area contributed by atoms with Crippen LogP contribution in [0.5, 0.6) is 11.5 Å². The average molecular weight is 321 g/mol. The molecule has 1 aromatic heterocycles. The Morgan fingerprint density at radius 2 is 1.81 bits per heavy atom. The van der Waals surface area contributed by atoms with E-state index in [4.69, 9.17) is 33.3 Å². The monoisotopic (exact) mass is 320 g/mol. The van der Waals surface area contributed by atoms with Gasteiger partial charge in [-0.1, -0.05) is 11.6 Å². The molecule has 0 atom stereocenters. The number of methoxy groups -OCH3 is 2. The van der Waals surface area contributed by atoms with E-state index in [1.807, 2.05) is 41.0 Å². The van der Waals surface area contributed by atoms with Crippen molar-refractivity contribution in [3.8, 4) is 17.2 Å². The lowest BCUT2D eigenvalue weighted by Gasteiger charge is -2.10. The summed E-state index contributed by atoms with van der Waals surface area (Å²) in [5.41, 5.74) is 2.74. The van der Waals surface area contributed by atoms with E-state index in [1.165, 1.54) is 0 Å². The number of aromatic amines is 1. The van der Waals surface area contributed by atoms with Crippen LogP contribution in [0.2, 0.25) is 5.02 Å². The zero-order chi connectivity index (χ0) is 15.0. The molecule has 0 radical (unpaired) electrons. The minimum atomic E-state index is 0.597. The Bertz CT molecular complexity index is 870. The smallest absolute Gasteiger partial charge is 0.182 e. The van der Waals surface area contributed by atoms with Crippen molar-refractivity contribution in [2.45, 2.75) is 0 Å². The Morgan fingerprint density at radius 3 is 2.52 bits per heavy atom. The topological polar surface area (TPSA) is 39.2 Å². The summed E-state index contributed by atoms with van der Waals surface area (Å²) in [4.78, 5) is 3.15. The Labute approximate surface area is 131 Å². The zero-order valence-corrected chi connectivity index (χ0v) is 13.1. The highest BCUT2D eigenvalue weighted by atomic mass is 35.5. The summed E-state index contributed by atoms with van der Waals surface area (Å²) in [6, 6.07) is 11.3. The van der Waals surface area contributed by atoms with Gasteiger partial charge in [-0.05, 0) is 42.5 Å². The van der Waals surface area contributed by atoms with Crippen LogP contribution < -0.4 is 9.47 Å². The number of benzene rings is 2. The fourth-order valence-electron chi connectivity index (χ4n) is 2.30. The van der Waals surface area contributed by atoms with Crippen molar-refractivity contribution in [2.75, 3.05) is 14.2 Å². The number of nitrogens with one attached hydrogen (secondary N) is 1. The molecule has 1 N–H and O–H groups in total.